The minimum atomic E-state index is -0.472. The average Bonchev–Trinajstić information content (AvgIpc) is 2.88. The van der Waals surface area contributed by atoms with Crippen molar-refractivity contribution in [3.8, 4) is 5.75 Å². The monoisotopic (exact) mass is 274 g/mol. The largest absolute Gasteiger partial charge is 0.494 e. The van der Waals surface area contributed by atoms with Gasteiger partial charge in [-0.3, -0.25) is 4.68 Å². The van der Waals surface area contributed by atoms with Crippen molar-refractivity contribution < 1.29 is 9.84 Å². The van der Waals surface area contributed by atoms with Crippen LogP contribution >= 0.6 is 0 Å². The summed E-state index contributed by atoms with van der Waals surface area (Å²) in [5.41, 5.74) is 2.05. The van der Waals surface area contributed by atoms with Gasteiger partial charge in [0.05, 0.1) is 18.9 Å². The number of benzene rings is 1. The maximum atomic E-state index is 10.3. The van der Waals surface area contributed by atoms with Crippen molar-refractivity contribution in [1.29, 1.82) is 0 Å². The number of aromatic nitrogens is 2. The summed E-state index contributed by atoms with van der Waals surface area (Å²) in [5.74, 6) is 0.824. The molecule has 4 nitrogen and oxygen atoms in total. The Labute approximate surface area is 120 Å². The molecule has 0 saturated carbocycles. The van der Waals surface area contributed by atoms with Crippen LogP contribution in [0.25, 0.3) is 0 Å². The molecule has 2 rings (SSSR count). The first-order chi connectivity index (χ1) is 9.69. The predicted octanol–water partition coefficient (Wildman–Crippen LogP) is 2.88. The normalized spacial score (nSPS) is 12.3. The summed E-state index contributed by atoms with van der Waals surface area (Å²) in [6.07, 6.45) is 5.83. The minimum absolute atomic E-state index is 0.472. The second kappa shape index (κ2) is 7.10. The van der Waals surface area contributed by atoms with Crippen molar-refractivity contribution in [3.63, 3.8) is 0 Å². The quantitative estimate of drug-likeness (QED) is 0.844. The Morgan fingerprint density at radius 1 is 1.40 bits per heavy atom. The fourth-order valence-corrected chi connectivity index (χ4v) is 2.10. The summed E-state index contributed by atoms with van der Waals surface area (Å²) in [6.45, 7) is 2.78. The van der Waals surface area contributed by atoms with Gasteiger partial charge in [-0.25, -0.2) is 0 Å². The standard InChI is InChI=1S/C16H22N2O2/c1-3-9-20-15-6-4-5-14(10-15)16(19)8-7-13-11-17-18(2)12-13/h4-6,10-12,16,19H,3,7-9H2,1-2H3. The van der Waals surface area contributed by atoms with Gasteiger partial charge in [-0.15, -0.1) is 0 Å². The topological polar surface area (TPSA) is 47.3 Å². The van der Waals surface area contributed by atoms with Crippen molar-refractivity contribution in [2.45, 2.75) is 32.3 Å². The first-order valence-electron chi connectivity index (χ1n) is 7.07. The molecule has 0 aliphatic rings. The first-order valence-corrected chi connectivity index (χ1v) is 7.07. The molecule has 0 saturated heterocycles. The molecule has 0 radical (unpaired) electrons. The predicted molar refractivity (Wildman–Crippen MR) is 78.7 cm³/mol. The van der Waals surface area contributed by atoms with E-state index in [9.17, 15) is 5.11 Å². The Morgan fingerprint density at radius 3 is 2.95 bits per heavy atom. The zero-order valence-electron chi connectivity index (χ0n) is 12.1. The molecule has 0 amide bonds. The lowest BCUT2D eigenvalue weighted by Gasteiger charge is -2.12. The number of aryl methyl sites for hydroxylation is 2. The van der Waals surface area contributed by atoms with Gasteiger partial charge in [-0.05, 0) is 42.5 Å². The Morgan fingerprint density at radius 2 is 2.25 bits per heavy atom. The Hall–Kier alpha value is -1.81. The van der Waals surface area contributed by atoms with E-state index in [0.29, 0.717) is 13.0 Å². The molecule has 2 aromatic rings. The lowest BCUT2D eigenvalue weighted by atomic mass is 10.0. The number of aliphatic hydroxyl groups is 1. The number of nitrogens with zero attached hydrogens (tertiary/aromatic N) is 2. The van der Waals surface area contributed by atoms with E-state index in [1.54, 1.807) is 4.68 Å². The van der Waals surface area contributed by atoms with E-state index >= 15 is 0 Å². The van der Waals surface area contributed by atoms with E-state index in [1.807, 2.05) is 43.7 Å². The fourth-order valence-electron chi connectivity index (χ4n) is 2.10. The Bertz CT molecular complexity index is 537. The summed E-state index contributed by atoms with van der Waals surface area (Å²) < 4.78 is 7.37. The number of rotatable bonds is 7. The van der Waals surface area contributed by atoms with Crippen LogP contribution in [-0.4, -0.2) is 21.5 Å². The maximum absolute atomic E-state index is 10.3. The van der Waals surface area contributed by atoms with Crippen molar-refractivity contribution in [2.75, 3.05) is 6.61 Å². The molecular weight excluding hydrogens is 252 g/mol. The maximum Gasteiger partial charge on any atom is 0.119 e. The van der Waals surface area contributed by atoms with E-state index in [2.05, 4.69) is 12.0 Å². The number of hydrogen-bond acceptors (Lipinski definition) is 3. The smallest absolute Gasteiger partial charge is 0.119 e. The molecule has 108 valence electrons. The highest BCUT2D eigenvalue weighted by molar-refractivity contribution is 5.30. The lowest BCUT2D eigenvalue weighted by molar-refractivity contribution is 0.167. The number of aliphatic hydroxyl groups excluding tert-OH is 1. The van der Waals surface area contributed by atoms with Gasteiger partial charge in [0, 0.05) is 13.2 Å². The van der Waals surface area contributed by atoms with Gasteiger partial charge in [0.25, 0.3) is 0 Å². The van der Waals surface area contributed by atoms with Crippen LogP contribution in [0.4, 0.5) is 0 Å². The molecule has 4 heteroatoms. The molecule has 0 aliphatic heterocycles. The zero-order valence-corrected chi connectivity index (χ0v) is 12.1. The number of hydrogen-bond donors (Lipinski definition) is 1. The summed E-state index contributed by atoms with van der Waals surface area (Å²) in [7, 11) is 1.90. The van der Waals surface area contributed by atoms with Crippen LogP contribution in [0, 0.1) is 0 Å². The molecule has 1 unspecified atom stereocenters. The molecular formula is C16H22N2O2. The molecule has 0 spiro atoms. The SMILES string of the molecule is CCCOc1cccc(C(O)CCc2cnn(C)c2)c1. The van der Waals surface area contributed by atoms with Crippen molar-refractivity contribution in [2.24, 2.45) is 7.05 Å². The van der Waals surface area contributed by atoms with Gasteiger partial charge < -0.3 is 9.84 Å². The zero-order chi connectivity index (χ0) is 14.4. The van der Waals surface area contributed by atoms with Crippen LogP contribution in [0.1, 0.15) is 37.0 Å². The highest BCUT2D eigenvalue weighted by atomic mass is 16.5. The van der Waals surface area contributed by atoms with E-state index in [0.717, 1.165) is 29.7 Å². The number of ether oxygens (including phenoxy) is 1. The molecule has 1 heterocycles. The van der Waals surface area contributed by atoms with Crippen LogP contribution in [0.3, 0.4) is 0 Å². The van der Waals surface area contributed by atoms with E-state index in [1.165, 1.54) is 0 Å². The van der Waals surface area contributed by atoms with Gasteiger partial charge >= 0.3 is 0 Å². The van der Waals surface area contributed by atoms with Crippen LogP contribution in [0.2, 0.25) is 0 Å². The van der Waals surface area contributed by atoms with Crippen molar-refractivity contribution >= 4 is 0 Å². The summed E-state index contributed by atoms with van der Waals surface area (Å²) >= 11 is 0. The highest BCUT2D eigenvalue weighted by Crippen LogP contribution is 2.23. The summed E-state index contributed by atoms with van der Waals surface area (Å²) in [6, 6.07) is 7.71. The molecule has 1 atom stereocenters. The lowest BCUT2D eigenvalue weighted by Crippen LogP contribution is -2.01. The van der Waals surface area contributed by atoms with Gasteiger partial charge in [-0.1, -0.05) is 19.1 Å². The van der Waals surface area contributed by atoms with Crippen LogP contribution < -0.4 is 4.74 Å². The van der Waals surface area contributed by atoms with Crippen LogP contribution in [0.15, 0.2) is 36.7 Å². The van der Waals surface area contributed by atoms with Crippen molar-refractivity contribution in [3.05, 3.63) is 47.8 Å². The summed E-state index contributed by atoms with van der Waals surface area (Å²) in [4.78, 5) is 0. The second-order valence-corrected chi connectivity index (χ2v) is 5.00. The van der Waals surface area contributed by atoms with E-state index < -0.39 is 6.10 Å². The third-order valence-corrected chi connectivity index (χ3v) is 3.18. The molecule has 0 aliphatic carbocycles. The van der Waals surface area contributed by atoms with Crippen molar-refractivity contribution in [1.82, 2.24) is 9.78 Å². The third-order valence-electron chi connectivity index (χ3n) is 3.18. The van der Waals surface area contributed by atoms with Gasteiger partial charge in [0.1, 0.15) is 5.75 Å². The van der Waals surface area contributed by atoms with Gasteiger partial charge in [-0.2, -0.15) is 5.10 Å². The Balaban J connectivity index is 1.92. The third kappa shape index (κ3) is 4.10. The van der Waals surface area contributed by atoms with Crippen LogP contribution in [0.5, 0.6) is 5.75 Å². The highest BCUT2D eigenvalue weighted by Gasteiger charge is 2.09. The first kappa shape index (κ1) is 14.6. The fraction of sp³-hybridized carbons (Fsp3) is 0.438. The van der Waals surface area contributed by atoms with Crippen LogP contribution in [-0.2, 0) is 13.5 Å². The van der Waals surface area contributed by atoms with Gasteiger partial charge in [0.2, 0.25) is 0 Å². The molecule has 1 aromatic carbocycles. The van der Waals surface area contributed by atoms with Gasteiger partial charge in [0.15, 0.2) is 0 Å². The van der Waals surface area contributed by atoms with E-state index in [-0.39, 0.29) is 0 Å². The summed E-state index contributed by atoms with van der Waals surface area (Å²) in [5, 5.41) is 14.4. The molecule has 0 fully saturated rings. The Kier molecular flexibility index (Phi) is 5.18. The molecule has 20 heavy (non-hydrogen) atoms. The molecule has 1 N–H and O–H groups in total. The minimum Gasteiger partial charge on any atom is -0.494 e. The molecule has 0 bridgehead atoms. The average molecular weight is 274 g/mol. The van der Waals surface area contributed by atoms with E-state index in [4.69, 9.17) is 4.74 Å². The molecule has 1 aromatic heterocycles. The second-order valence-electron chi connectivity index (χ2n) is 5.00.